The molecular weight excluding hydrogens is 713 g/mol. The first-order chi connectivity index (χ1) is 29.0. The van der Waals surface area contributed by atoms with Crippen LogP contribution in [0.5, 0.6) is 0 Å². The number of nitrogens with one attached hydrogen (secondary N) is 1. The second-order valence-electron chi connectivity index (χ2n) is 15.9. The Morgan fingerprint density at radius 2 is 1.07 bits per heavy atom. The van der Waals surface area contributed by atoms with Gasteiger partial charge in [0.2, 0.25) is 0 Å². The first-order valence-corrected chi connectivity index (χ1v) is 20.3. The highest BCUT2D eigenvalue weighted by atomic mass is 14.7. The Labute approximate surface area is 346 Å². The van der Waals surface area contributed by atoms with E-state index in [-0.39, 0.29) is 5.41 Å². The molecule has 280 valence electrons. The second-order valence-corrected chi connectivity index (χ2v) is 15.9. The molecule has 0 saturated carbocycles. The number of nitrogens with zero attached hydrogens (tertiary/aromatic N) is 1. The standard InChI is InChI=1S/C57H42N2/c1-57(2)52-35-33-39-18-9-10-23-47(39)55(52)51-27-15-26-48(56(51)57)41-30-28-40(29-31-41)46-34-32-43(45-22-11-13-24-49(45)46)37-59-54(36-53(58)42-19-7-4-8-20-42)50-25-14-12-21-44(50)38-16-5-3-6-17-38/h3-37,58H,1-2H3/b54-36-,58-53?,59-37?. The van der Waals surface area contributed by atoms with Crippen LogP contribution in [0.15, 0.2) is 211 Å². The summed E-state index contributed by atoms with van der Waals surface area (Å²) in [5.41, 5.74) is 16.4. The summed E-state index contributed by atoms with van der Waals surface area (Å²) in [6.07, 6.45) is 3.84. The molecule has 0 amide bonds. The van der Waals surface area contributed by atoms with Crippen LogP contribution < -0.4 is 0 Å². The monoisotopic (exact) mass is 754 g/mol. The molecule has 0 spiro atoms. The molecule has 0 unspecified atom stereocenters. The molecule has 1 N–H and O–H groups in total. The number of fused-ring (bicyclic) bond motifs is 6. The molecule has 1 aliphatic rings. The van der Waals surface area contributed by atoms with Crippen LogP contribution in [0.2, 0.25) is 0 Å². The fraction of sp³-hybridized carbons (Fsp3) is 0.0526. The van der Waals surface area contributed by atoms with Gasteiger partial charge >= 0.3 is 0 Å². The zero-order valence-electron chi connectivity index (χ0n) is 33.2. The van der Waals surface area contributed by atoms with Crippen LogP contribution >= 0.6 is 0 Å². The molecule has 0 saturated heterocycles. The average molecular weight is 755 g/mol. The first-order valence-electron chi connectivity index (χ1n) is 20.3. The molecular formula is C57H42N2. The number of rotatable bonds is 8. The van der Waals surface area contributed by atoms with Gasteiger partial charge in [0.05, 0.1) is 11.4 Å². The van der Waals surface area contributed by atoms with E-state index in [2.05, 4.69) is 172 Å². The molecule has 59 heavy (non-hydrogen) atoms. The molecule has 0 atom stereocenters. The van der Waals surface area contributed by atoms with Crippen molar-refractivity contribution < 1.29 is 0 Å². The first kappa shape index (κ1) is 36.0. The van der Waals surface area contributed by atoms with Crippen molar-refractivity contribution in [3.63, 3.8) is 0 Å². The van der Waals surface area contributed by atoms with Gasteiger partial charge < -0.3 is 5.41 Å². The van der Waals surface area contributed by atoms with E-state index >= 15 is 0 Å². The van der Waals surface area contributed by atoms with E-state index in [0.717, 1.165) is 38.9 Å². The van der Waals surface area contributed by atoms with Gasteiger partial charge in [0, 0.05) is 22.8 Å². The number of aliphatic imine (C=N–C) groups is 1. The van der Waals surface area contributed by atoms with Gasteiger partial charge in [-0.15, -0.1) is 0 Å². The summed E-state index contributed by atoms with van der Waals surface area (Å²) in [7, 11) is 0. The Balaban J connectivity index is 1.02. The molecule has 10 rings (SSSR count). The predicted molar refractivity (Wildman–Crippen MR) is 251 cm³/mol. The molecule has 9 aromatic rings. The van der Waals surface area contributed by atoms with E-state index in [0.29, 0.717) is 5.71 Å². The minimum absolute atomic E-state index is 0.127. The van der Waals surface area contributed by atoms with Gasteiger partial charge in [0.1, 0.15) is 0 Å². The minimum atomic E-state index is -0.127. The highest BCUT2D eigenvalue weighted by Crippen LogP contribution is 2.54. The Morgan fingerprint density at radius 1 is 0.475 bits per heavy atom. The summed E-state index contributed by atoms with van der Waals surface area (Å²) in [6.45, 7) is 4.74. The fourth-order valence-corrected chi connectivity index (χ4v) is 9.15. The van der Waals surface area contributed by atoms with E-state index in [1.807, 2.05) is 54.8 Å². The van der Waals surface area contributed by atoms with Crippen LogP contribution in [0.25, 0.3) is 71.7 Å². The van der Waals surface area contributed by atoms with Crippen molar-refractivity contribution in [1.29, 1.82) is 5.41 Å². The SMILES string of the molecule is CC1(C)c2ccc3ccccc3c2-c2cccc(-c3ccc(-c4ccc(C=N/C(=C\C(=N)c5ccccc5)c5ccccc5-c5ccccc5)c5ccccc45)cc3)c21. The normalized spacial score (nSPS) is 13.2. The zero-order valence-corrected chi connectivity index (χ0v) is 33.2. The smallest absolute Gasteiger partial charge is 0.0729 e. The summed E-state index contributed by atoms with van der Waals surface area (Å²) in [5, 5.41) is 13.9. The Hall–Kier alpha value is -7.42. The van der Waals surface area contributed by atoms with Crippen LogP contribution in [0.1, 0.15) is 41.7 Å². The van der Waals surface area contributed by atoms with Gasteiger partial charge in [-0.25, -0.2) is 0 Å². The summed E-state index contributed by atoms with van der Waals surface area (Å²) < 4.78 is 0. The largest absolute Gasteiger partial charge is 0.300 e. The summed E-state index contributed by atoms with van der Waals surface area (Å²) >= 11 is 0. The topological polar surface area (TPSA) is 36.2 Å². The van der Waals surface area contributed by atoms with Crippen LogP contribution in [0, 0.1) is 5.41 Å². The Kier molecular flexibility index (Phi) is 9.03. The van der Waals surface area contributed by atoms with Gasteiger partial charge in [0.25, 0.3) is 0 Å². The van der Waals surface area contributed by atoms with E-state index in [9.17, 15) is 0 Å². The molecule has 1 aliphatic carbocycles. The minimum Gasteiger partial charge on any atom is -0.300 e. The van der Waals surface area contributed by atoms with Gasteiger partial charge in [-0.3, -0.25) is 4.99 Å². The van der Waals surface area contributed by atoms with Crippen LogP contribution in [-0.4, -0.2) is 11.9 Å². The zero-order chi connectivity index (χ0) is 39.9. The maximum Gasteiger partial charge on any atom is 0.0729 e. The quantitative estimate of drug-likeness (QED) is 0.150. The van der Waals surface area contributed by atoms with Crippen molar-refractivity contribution in [2.75, 3.05) is 0 Å². The lowest BCUT2D eigenvalue weighted by molar-refractivity contribution is 0.662. The van der Waals surface area contributed by atoms with Gasteiger partial charge in [-0.05, 0) is 88.8 Å². The molecule has 0 radical (unpaired) electrons. The van der Waals surface area contributed by atoms with Crippen LogP contribution in [0.4, 0.5) is 0 Å². The Bertz CT molecular complexity index is 3110. The van der Waals surface area contributed by atoms with Crippen molar-refractivity contribution in [2.45, 2.75) is 19.3 Å². The highest BCUT2D eigenvalue weighted by molar-refractivity contribution is 6.12. The maximum absolute atomic E-state index is 9.06. The second kappa shape index (κ2) is 14.8. The van der Waals surface area contributed by atoms with Crippen molar-refractivity contribution >= 4 is 39.2 Å². The fourth-order valence-electron chi connectivity index (χ4n) is 9.15. The van der Waals surface area contributed by atoms with Gasteiger partial charge in [0.15, 0.2) is 0 Å². The van der Waals surface area contributed by atoms with Gasteiger partial charge in [-0.1, -0.05) is 214 Å². The van der Waals surface area contributed by atoms with Crippen LogP contribution in [-0.2, 0) is 5.41 Å². The molecule has 0 aliphatic heterocycles. The maximum atomic E-state index is 9.06. The third-order valence-corrected chi connectivity index (χ3v) is 12.0. The number of benzene rings is 9. The van der Waals surface area contributed by atoms with E-state index in [1.54, 1.807) is 0 Å². The van der Waals surface area contributed by atoms with Crippen molar-refractivity contribution in [3.8, 4) is 44.5 Å². The third-order valence-electron chi connectivity index (χ3n) is 12.0. The van der Waals surface area contributed by atoms with Crippen LogP contribution in [0.3, 0.4) is 0 Å². The average Bonchev–Trinajstić information content (AvgIpc) is 3.54. The summed E-state index contributed by atoms with van der Waals surface area (Å²) in [6, 6.07) is 70.8. The lowest BCUT2D eigenvalue weighted by Crippen LogP contribution is -2.16. The molecule has 0 aromatic heterocycles. The lowest BCUT2D eigenvalue weighted by Gasteiger charge is -2.24. The highest BCUT2D eigenvalue weighted by Gasteiger charge is 2.38. The summed E-state index contributed by atoms with van der Waals surface area (Å²) in [4.78, 5) is 5.18. The molecule has 0 bridgehead atoms. The van der Waals surface area contributed by atoms with E-state index in [4.69, 9.17) is 10.4 Å². The van der Waals surface area contributed by atoms with Gasteiger partial charge in [-0.2, -0.15) is 0 Å². The number of allylic oxidation sites excluding steroid dienone is 1. The summed E-state index contributed by atoms with van der Waals surface area (Å²) in [5.74, 6) is 0. The van der Waals surface area contributed by atoms with Crippen molar-refractivity contribution in [2.24, 2.45) is 4.99 Å². The predicted octanol–water partition coefficient (Wildman–Crippen LogP) is 14.8. The van der Waals surface area contributed by atoms with E-state index in [1.165, 1.54) is 60.7 Å². The molecule has 9 aromatic carbocycles. The Morgan fingerprint density at radius 3 is 1.85 bits per heavy atom. The molecule has 2 heteroatoms. The van der Waals surface area contributed by atoms with E-state index < -0.39 is 0 Å². The molecule has 0 fully saturated rings. The molecule has 2 nitrogen and oxygen atoms in total. The third kappa shape index (κ3) is 6.40. The van der Waals surface area contributed by atoms with Crippen molar-refractivity contribution in [1.82, 2.24) is 0 Å². The number of hydrogen-bond acceptors (Lipinski definition) is 2. The molecule has 0 heterocycles. The number of hydrogen-bond donors (Lipinski definition) is 1. The lowest BCUT2D eigenvalue weighted by atomic mass is 9.78. The van der Waals surface area contributed by atoms with Crippen molar-refractivity contribution in [3.05, 3.63) is 234 Å².